The van der Waals surface area contributed by atoms with Crippen LogP contribution in [0.2, 0.25) is 0 Å². The molecule has 0 radical (unpaired) electrons. The number of fused-ring (bicyclic) bond motifs is 1. The van der Waals surface area contributed by atoms with Crippen LogP contribution in [0, 0.1) is 0 Å². The Balaban J connectivity index is 1.50. The lowest BCUT2D eigenvalue weighted by Crippen LogP contribution is -2.40. The second-order valence-electron chi connectivity index (χ2n) is 6.14. The van der Waals surface area contributed by atoms with Gasteiger partial charge in [0, 0.05) is 13.1 Å². The summed E-state index contributed by atoms with van der Waals surface area (Å²) in [7, 11) is 4.14. The number of rotatable bonds is 6. The molecule has 0 aromatic heterocycles. The first kappa shape index (κ1) is 17.5. The van der Waals surface area contributed by atoms with E-state index in [0.29, 0.717) is 11.7 Å². The first-order chi connectivity index (χ1) is 12.1. The molecule has 132 valence electrons. The monoisotopic (exact) mass is 357 g/mol. The Morgan fingerprint density at radius 2 is 1.84 bits per heavy atom. The molecule has 1 atom stereocenters. The fourth-order valence-corrected chi connectivity index (χ4v) is 2.91. The van der Waals surface area contributed by atoms with Crippen molar-refractivity contribution in [2.75, 3.05) is 27.4 Å². The molecule has 1 aliphatic heterocycles. The average molecular weight is 357 g/mol. The summed E-state index contributed by atoms with van der Waals surface area (Å²) in [4.78, 5) is 2.18. The third kappa shape index (κ3) is 4.61. The minimum atomic E-state index is 0.256. The fourth-order valence-electron chi connectivity index (χ4n) is 2.76. The molecule has 3 rings (SSSR count). The molecule has 6 heteroatoms. The maximum Gasteiger partial charge on any atom is 0.231 e. The van der Waals surface area contributed by atoms with Gasteiger partial charge in [-0.3, -0.25) is 0 Å². The van der Waals surface area contributed by atoms with Gasteiger partial charge in [0.2, 0.25) is 6.79 Å². The van der Waals surface area contributed by atoms with E-state index in [4.69, 9.17) is 21.7 Å². The summed E-state index contributed by atoms with van der Waals surface area (Å²) in [6, 6.07) is 16.6. The number of nitrogens with zero attached hydrogens (tertiary/aromatic N) is 1. The van der Waals surface area contributed by atoms with Gasteiger partial charge >= 0.3 is 0 Å². The minimum absolute atomic E-state index is 0.256. The van der Waals surface area contributed by atoms with Crippen molar-refractivity contribution in [3.05, 3.63) is 59.7 Å². The van der Waals surface area contributed by atoms with Crippen LogP contribution in [0.1, 0.15) is 17.2 Å². The van der Waals surface area contributed by atoms with E-state index < -0.39 is 0 Å². The quantitative estimate of drug-likeness (QED) is 0.775. The molecule has 0 saturated carbocycles. The molecule has 0 fully saturated rings. The highest BCUT2D eigenvalue weighted by atomic mass is 32.1. The predicted octanol–water partition coefficient (Wildman–Crippen LogP) is 2.68. The molecule has 0 unspecified atom stereocenters. The van der Waals surface area contributed by atoms with Crippen LogP contribution in [0.5, 0.6) is 11.5 Å². The van der Waals surface area contributed by atoms with Crippen molar-refractivity contribution in [3.8, 4) is 11.5 Å². The van der Waals surface area contributed by atoms with Gasteiger partial charge in [0.25, 0.3) is 0 Å². The lowest BCUT2D eigenvalue weighted by atomic mass is 10.1. The SMILES string of the molecule is CN(C)[C@@H](CNC(=S)NCc1ccc2c(c1)OCO2)c1ccccc1. The molecule has 2 aromatic carbocycles. The Kier molecular flexibility index (Phi) is 5.73. The number of ether oxygens (including phenoxy) is 2. The highest BCUT2D eigenvalue weighted by molar-refractivity contribution is 7.80. The molecule has 0 bridgehead atoms. The second-order valence-corrected chi connectivity index (χ2v) is 6.55. The summed E-state index contributed by atoms with van der Waals surface area (Å²) in [5, 5.41) is 7.19. The first-order valence-corrected chi connectivity index (χ1v) is 8.66. The van der Waals surface area contributed by atoms with E-state index in [1.54, 1.807) is 0 Å². The molecule has 5 nitrogen and oxygen atoms in total. The largest absolute Gasteiger partial charge is 0.454 e. The molecule has 2 N–H and O–H groups in total. The van der Waals surface area contributed by atoms with Gasteiger partial charge in [-0.2, -0.15) is 0 Å². The second kappa shape index (κ2) is 8.18. The van der Waals surface area contributed by atoms with Crippen LogP contribution in [0.3, 0.4) is 0 Å². The van der Waals surface area contributed by atoms with Crippen LogP contribution in [-0.4, -0.2) is 37.4 Å². The van der Waals surface area contributed by atoms with Gasteiger partial charge in [-0.15, -0.1) is 0 Å². The van der Waals surface area contributed by atoms with Crippen molar-refractivity contribution in [1.29, 1.82) is 0 Å². The molecule has 0 amide bonds. The lowest BCUT2D eigenvalue weighted by molar-refractivity contribution is 0.174. The fraction of sp³-hybridized carbons (Fsp3) is 0.316. The van der Waals surface area contributed by atoms with Gasteiger partial charge in [0.05, 0.1) is 6.04 Å². The number of likely N-dealkylation sites (N-methyl/N-ethyl adjacent to an activating group) is 1. The third-order valence-electron chi connectivity index (χ3n) is 4.15. The Morgan fingerprint density at radius 1 is 1.08 bits per heavy atom. The Labute approximate surface area is 153 Å². The predicted molar refractivity (Wildman–Crippen MR) is 103 cm³/mol. The highest BCUT2D eigenvalue weighted by Gasteiger charge is 2.15. The summed E-state index contributed by atoms with van der Waals surface area (Å²) in [6.45, 7) is 1.67. The van der Waals surface area contributed by atoms with E-state index in [2.05, 4.69) is 53.9 Å². The molecular weight excluding hydrogens is 334 g/mol. The van der Waals surface area contributed by atoms with Gasteiger partial charge in [-0.05, 0) is 49.6 Å². The van der Waals surface area contributed by atoms with Crippen molar-refractivity contribution in [2.45, 2.75) is 12.6 Å². The number of thiocarbonyl (C=S) groups is 1. The van der Waals surface area contributed by atoms with E-state index in [1.165, 1.54) is 5.56 Å². The van der Waals surface area contributed by atoms with Gasteiger partial charge in [-0.1, -0.05) is 36.4 Å². The van der Waals surface area contributed by atoms with Crippen molar-refractivity contribution >= 4 is 17.3 Å². The summed E-state index contributed by atoms with van der Waals surface area (Å²) < 4.78 is 10.7. The molecule has 1 aliphatic rings. The summed E-state index contributed by atoms with van der Waals surface area (Å²) >= 11 is 5.41. The molecule has 2 aromatic rings. The summed E-state index contributed by atoms with van der Waals surface area (Å²) in [6.07, 6.45) is 0. The van der Waals surface area contributed by atoms with Gasteiger partial charge in [0.1, 0.15) is 0 Å². The van der Waals surface area contributed by atoms with Crippen LogP contribution in [-0.2, 0) is 6.54 Å². The van der Waals surface area contributed by atoms with Crippen LogP contribution < -0.4 is 20.1 Å². The summed E-state index contributed by atoms with van der Waals surface area (Å²) in [5.41, 5.74) is 2.36. The molecule has 0 spiro atoms. The normalized spacial score (nSPS) is 13.6. The van der Waals surface area contributed by atoms with Gasteiger partial charge < -0.3 is 25.0 Å². The zero-order valence-electron chi connectivity index (χ0n) is 14.5. The minimum Gasteiger partial charge on any atom is -0.454 e. The Bertz CT molecular complexity index is 722. The smallest absolute Gasteiger partial charge is 0.231 e. The maximum absolute atomic E-state index is 5.41. The van der Waals surface area contributed by atoms with Crippen LogP contribution >= 0.6 is 12.2 Å². The van der Waals surface area contributed by atoms with Crippen molar-refractivity contribution in [2.24, 2.45) is 0 Å². The standard InChI is InChI=1S/C19H23N3O2S/c1-22(2)16(15-6-4-3-5-7-15)12-21-19(25)20-11-14-8-9-17-18(10-14)24-13-23-17/h3-10,16H,11-13H2,1-2H3,(H2,20,21,25)/t16-/m0/s1. The van der Waals surface area contributed by atoms with Crippen molar-refractivity contribution < 1.29 is 9.47 Å². The van der Waals surface area contributed by atoms with E-state index in [-0.39, 0.29) is 12.8 Å². The average Bonchev–Trinajstić information content (AvgIpc) is 3.08. The molecule has 0 aliphatic carbocycles. The van der Waals surface area contributed by atoms with E-state index in [9.17, 15) is 0 Å². The number of nitrogens with one attached hydrogen (secondary N) is 2. The molecule has 1 heterocycles. The first-order valence-electron chi connectivity index (χ1n) is 8.25. The zero-order chi connectivity index (χ0) is 17.6. The lowest BCUT2D eigenvalue weighted by Gasteiger charge is -2.25. The number of benzene rings is 2. The summed E-state index contributed by atoms with van der Waals surface area (Å²) in [5.74, 6) is 1.58. The van der Waals surface area contributed by atoms with Crippen molar-refractivity contribution in [1.82, 2.24) is 15.5 Å². The van der Waals surface area contributed by atoms with Crippen LogP contribution in [0.15, 0.2) is 48.5 Å². The number of hydrogen-bond donors (Lipinski definition) is 2. The van der Waals surface area contributed by atoms with E-state index >= 15 is 0 Å². The molecular formula is C19H23N3O2S. The molecule has 25 heavy (non-hydrogen) atoms. The highest BCUT2D eigenvalue weighted by Crippen LogP contribution is 2.32. The van der Waals surface area contributed by atoms with Gasteiger partial charge in [0.15, 0.2) is 16.6 Å². The maximum atomic E-state index is 5.41. The Morgan fingerprint density at radius 3 is 2.60 bits per heavy atom. The Hall–Kier alpha value is -2.31. The van der Waals surface area contributed by atoms with Gasteiger partial charge in [-0.25, -0.2) is 0 Å². The van der Waals surface area contributed by atoms with Crippen molar-refractivity contribution in [3.63, 3.8) is 0 Å². The molecule has 0 saturated heterocycles. The topological polar surface area (TPSA) is 45.8 Å². The number of hydrogen-bond acceptors (Lipinski definition) is 4. The third-order valence-corrected chi connectivity index (χ3v) is 4.44. The van der Waals surface area contributed by atoms with E-state index in [1.807, 2.05) is 24.3 Å². The zero-order valence-corrected chi connectivity index (χ0v) is 15.3. The van der Waals surface area contributed by atoms with Crippen LogP contribution in [0.25, 0.3) is 0 Å². The van der Waals surface area contributed by atoms with E-state index in [0.717, 1.165) is 23.6 Å². The van der Waals surface area contributed by atoms with Crippen LogP contribution in [0.4, 0.5) is 0 Å².